The second kappa shape index (κ2) is 12.4. The largest absolute Gasteiger partial charge is 0.380 e. The zero-order valence-corrected chi connectivity index (χ0v) is 12.4. The molecule has 0 aromatic heterocycles. The molecule has 2 heteroatoms. The molecule has 0 spiro atoms. The first kappa shape index (κ1) is 16.9. The summed E-state index contributed by atoms with van der Waals surface area (Å²) >= 11 is 0. The summed E-state index contributed by atoms with van der Waals surface area (Å²) in [5, 5.41) is 3.66. The molecule has 0 aliphatic carbocycles. The van der Waals surface area contributed by atoms with E-state index in [1.54, 1.807) is 0 Å². The number of ether oxygens (including phenoxy) is 1. The topological polar surface area (TPSA) is 21.3 Å². The normalized spacial score (nSPS) is 14.8. The molecular formula is C15H33NO. The lowest BCUT2D eigenvalue weighted by atomic mass is 9.99. The summed E-state index contributed by atoms with van der Waals surface area (Å²) in [6.07, 6.45) is 10.6. The van der Waals surface area contributed by atoms with Crippen LogP contribution in [0.2, 0.25) is 0 Å². The third kappa shape index (κ3) is 8.62. The molecule has 0 saturated carbocycles. The standard InChI is InChI=1S/C15H33NO/c1-5-8-9-10-12-14(16-13-7-3)15(17-4)11-6-2/h14-16H,5-13H2,1-4H3. The molecule has 2 atom stereocenters. The van der Waals surface area contributed by atoms with Crippen molar-refractivity contribution in [1.82, 2.24) is 5.32 Å². The molecule has 1 N–H and O–H groups in total. The zero-order valence-electron chi connectivity index (χ0n) is 12.4. The summed E-state index contributed by atoms with van der Waals surface area (Å²) in [6, 6.07) is 0.553. The maximum Gasteiger partial charge on any atom is 0.0724 e. The van der Waals surface area contributed by atoms with Crippen LogP contribution < -0.4 is 5.32 Å². The predicted octanol–water partition coefficient (Wildman–Crippen LogP) is 4.14. The van der Waals surface area contributed by atoms with Crippen LogP contribution >= 0.6 is 0 Å². The van der Waals surface area contributed by atoms with Gasteiger partial charge in [0.1, 0.15) is 0 Å². The highest BCUT2D eigenvalue weighted by atomic mass is 16.5. The SMILES string of the molecule is CCCCCCC(NCCC)C(CCC)OC. The molecule has 0 aromatic carbocycles. The van der Waals surface area contributed by atoms with E-state index < -0.39 is 0 Å². The van der Waals surface area contributed by atoms with Crippen molar-refractivity contribution >= 4 is 0 Å². The first-order chi connectivity index (χ1) is 8.29. The fraction of sp³-hybridized carbons (Fsp3) is 1.00. The molecule has 0 aliphatic rings. The molecule has 0 saturated heterocycles. The number of unbranched alkanes of at least 4 members (excludes halogenated alkanes) is 3. The van der Waals surface area contributed by atoms with Crippen molar-refractivity contribution < 1.29 is 4.74 Å². The summed E-state index contributed by atoms with van der Waals surface area (Å²) in [4.78, 5) is 0. The monoisotopic (exact) mass is 243 g/mol. The van der Waals surface area contributed by atoms with E-state index in [9.17, 15) is 0 Å². The molecule has 17 heavy (non-hydrogen) atoms. The first-order valence-corrected chi connectivity index (χ1v) is 7.56. The van der Waals surface area contributed by atoms with E-state index in [1.165, 1.54) is 51.4 Å². The van der Waals surface area contributed by atoms with E-state index >= 15 is 0 Å². The van der Waals surface area contributed by atoms with Gasteiger partial charge in [-0.3, -0.25) is 0 Å². The van der Waals surface area contributed by atoms with Crippen LogP contribution in [0.25, 0.3) is 0 Å². The third-order valence-corrected chi connectivity index (χ3v) is 3.35. The summed E-state index contributed by atoms with van der Waals surface area (Å²) in [6.45, 7) is 7.84. The Labute approximate surface area is 109 Å². The van der Waals surface area contributed by atoms with Gasteiger partial charge in [0, 0.05) is 13.2 Å². The van der Waals surface area contributed by atoms with Crippen molar-refractivity contribution in [1.29, 1.82) is 0 Å². The Balaban J connectivity index is 4.00. The van der Waals surface area contributed by atoms with Crippen LogP contribution in [0.1, 0.15) is 72.1 Å². The molecule has 0 bridgehead atoms. The summed E-state index contributed by atoms with van der Waals surface area (Å²) < 4.78 is 5.64. The molecule has 0 fully saturated rings. The van der Waals surface area contributed by atoms with Gasteiger partial charge >= 0.3 is 0 Å². The van der Waals surface area contributed by atoms with Gasteiger partial charge in [-0.15, -0.1) is 0 Å². The Morgan fingerprint density at radius 1 is 0.882 bits per heavy atom. The van der Waals surface area contributed by atoms with Crippen molar-refractivity contribution in [3.63, 3.8) is 0 Å². The fourth-order valence-corrected chi connectivity index (χ4v) is 2.31. The molecule has 0 heterocycles. The quantitative estimate of drug-likeness (QED) is 0.520. The maximum atomic E-state index is 5.64. The van der Waals surface area contributed by atoms with Crippen molar-refractivity contribution in [2.45, 2.75) is 84.3 Å². The van der Waals surface area contributed by atoms with E-state index in [2.05, 4.69) is 26.1 Å². The molecule has 2 nitrogen and oxygen atoms in total. The Hall–Kier alpha value is -0.0800. The van der Waals surface area contributed by atoms with Crippen LogP contribution in [0.15, 0.2) is 0 Å². The number of hydrogen-bond donors (Lipinski definition) is 1. The van der Waals surface area contributed by atoms with Gasteiger partial charge in [-0.1, -0.05) is 52.9 Å². The fourth-order valence-electron chi connectivity index (χ4n) is 2.31. The summed E-state index contributed by atoms with van der Waals surface area (Å²) in [7, 11) is 1.85. The van der Waals surface area contributed by atoms with Crippen molar-refractivity contribution in [3.05, 3.63) is 0 Å². The third-order valence-electron chi connectivity index (χ3n) is 3.35. The van der Waals surface area contributed by atoms with E-state index in [1.807, 2.05) is 7.11 Å². The molecule has 0 aromatic rings. The van der Waals surface area contributed by atoms with Gasteiger partial charge < -0.3 is 10.1 Å². The number of nitrogens with one attached hydrogen (secondary N) is 1. The number of methoxy groups -OCH3 is 1. The molecule has 0 aliphatic heterocycles. The molecule has 2 unspecified atom stereocenters. The molecular weight excluding hydrogens is 210 g/mol. The van der Waals surface area contributed by atoms with E-state index in [-0.39, 0.29) is 0 Å². The lowest BCUT2D eigenvalue weighted by molar-refractivity contribution is 0.0572. The van der Waals surface area contributed by atoms with Gasteiger partial charge in [-0.05, 0) is 25.8 Å². The van der Waals surface area contributed by atoms with Crippen molar-refractivity contribution in [2.75, 3.05) is 13.7 Å². The Morgan fingerprint density at radius 2 is 1.65 bits per heavy atom. The molecule has 0 radical (unpaired) electrons. The molecule has 0 amide bonds. The molecule has 0 rings (SSSR count). The number of rotatable bonds is 12. The Bertz CT molecular complexity index is 150. The Morgan fingerprint density at radius 3 is 2.18 bits per heavy atom. The minimum absolute atomic E-state index is 0.396. The zero-order chi connectivity index (χ0) is 12.9. The van der Waals surface area contributed by atoms with Gasteiger partial charge in [0.05, 0.1) is 6.10 Å². The smallest absolute Gasteiger partial charge is 0.0724 e. The van der Waals surface area contributed by atoms with Crippen LogP contribution in [0.4, 0.5) is 0 Å². The van der Waals surface area contributed by atoms with E-state index in [4.69, 9.17) is 4.74 Å². The highest BCUT2D eigenvalue weighted by molar-refractivity contribution is 4.76. The molecule has 104 valence electrons. The van der Waals surface area contributed by atoms with E-state index in [0.29, 0.717) is 12.1 Å². The minimum Gasteiger partial charge on any atom is -0.380 e. The van der Waals surface area contributed by atoms with Crippen LogP contribution in [0.5, 0.6) is 0 Å². The van der Waals surface area contributed by atoms with Crippen LogP contribution in [0.3, 0.4) is 0 Å². The first-order valence-electron chi connectivity index (χ1n) is 7.56. The highest BCUT2D eigenvalue weighted by Gasteiger charge is 2.19. The van der Waals surface area contributed by atoms with Crippen LogP contribution in [0, 0.1) is 0 Å². The summed E-state index contributed by atoms with van der Waals surface area (Å²) in [5.74, 6) is 0. The number of hydrogen-bond acceptors (Lipinski definition) is 2. The van der Waals surface area contributed by atoms with Crippen LogP contribution in [-0.4, -0.2) is 25.8 Å². The second-order valence-corrected chi connectivity index (χ2v) is 4.97. The average molecular weight is 243 g/mol. The van der Waals surface area contributed by atoms with Gasteiger partial charge in [0.2, 0.25) is 0 Å². The Kier molecular flexibility index (Phi) is 12.3. The van der Waals surface area contributed by atoms with E-state index in [0.717, 1.165) is 6.54 Å². The van der Waals surface area contributed by atoms with Crippen LogP contribution in [-0.2, 0) is 4.74 Å². The highest BCUT2D eigenvalue weighted by Crippen LogP contribution is 2.14. The lowest BCUT2D eigenvalue weighted by Crippen LogP contribution is -2.41. The van der Waals surface area contributed by atoms with Gasteiger partial charge in [0.15, 0.2) is 0 Å². The van der Waals surface area contributed by atoms with Gasteiger partial charge in [-0.25, -0.2) is 0 Å². The van der Waals surface area contributed by atoms with Crippen molar-refractivity contribution in [2.24, 2.45) is 0 Å². The van der Waals surface area contributed by atoms with Gasteiger partial charge in [-0.2, -0.15) is 0 Å². The minimum atomic E-state index is 0.396. The average Bonchev–Trinajstić information content (AvgIpc) is 2.35. The summed E-state index contributed by atoms with van der Waals surface area (Å²) in [5.41, 5.74) is 0. The van der Waals surface area contributed by atoms with Gasteiger partial charge in [0.25, 0.3) is 0 Å². The predicted molar refractivity (Wildman–Crippen MR) is 76.5 cm³/mol. The van der Waals surface area contributed by atoms with Crippen molar-refractivity contribution in [3.8, 4) is 0 Å². The lowest BCUT2D eigenvalue weighted by Gasteiger charge is -2.27. The second-order valence-electron chi connectivity index (χ2n) is 4.97. The maximum absolute atomic E-state index is 5.64.